The minimum Gasteiger partial charge on any atom is -0.341 e. The molecule has 1 fully saturated rings. The van der Waals surface area contributed by atoms with E-state index in [1.54, 1.807) is 0 Å². The first-order valence-corrected chi connectivity index (χ1v) is 4.79. The van der Waals surface area contributed by atoms with Crippen molar-refractivity contribution in [3.63, 3.8) is 0 Å². The van der Waals surface area contributed by atoms with Gasteiger partial charge in [0.1, 0.15) is 0 Å². The zero-order valence-electron chi connectivity index (χ0n) is 8.20. The zero-order valence-corrected chi connectivity index (χ0v) is 8.20. The van der Waals surface area contributed by atoms with Crippen LogP contribution in [0.3, 0.4) is 0 Å². The minimum absolute atomic E-state index is 0.669. The van der Waals surface area contributed by atoms with Crippen molar-refractivity contribution >= 4 is 5.95 Å². The molecule has 0 spiro atoms. The lowest BCUT2D eigenvalue weighted by molar-refractivity contribution is 0.397. The normalized spacial score (nSPS) is 16.8. The molecule has 70 valence electrons. The highest BCUT2D eigenvalue weighted by molar-refractivity contribution is 5.30. The Morgan fingerprint density at radius 3 is 2.38 bits per heavy atom. The molecule has 2 rings (SSSR count). The van der Waals surface area contributed by atoms with Crippen LogP contribution in [0.1, 0.15) is 24.8 Å². The summed E-state index contributed by atoms with van der Waals surface area (Å²) in [6.07, 6.45) is 7.66. The van der Waals surface area contributed by atoms with Crippen LogP contribution in [0.5, 0.6) is 0 Å². The van der Waals surface area contributed by atoms with Gasteiger partial charge in [-0.25, -0.2) is 9.97 Å². The van der Waals surface area contributed by atoms with Crippen LogP contribution in [-0.4, -0.2) is 23.1 Å². The number of rotatable bonds is 2. The first-order valence-electron chi connectivity index (χ1n) is 4.79. The third-order valence-electron chi connectivity index (χ3n) is 2.71. The van der Waals surface area contributed by atoms with Crippen molar-refractivity contribution in [3.05, 3.63) is 18.0 Å². The van der Waals surface area contributed by atoms with Gasteiger partial charge in [0.2, 0.25) is 5.95 Å². The Morgan fingerprint density at radius 2 is 1.92 bits per heavy atom. The maximum Gasteiger partial charge on any atom is 0.225 e. The van der Waals surface area contributed by atoms with Crippen LogP contribution < -0.4 is 4.90 Å². The molecule has 3 nitrogen and oxygen atoms in total. The van der Waals surface area contributed by atoms with Gasteiger partial charge >= 0.3 is 0 Å². The number of hydrogen-bond acceptors (Lipinski definition) is 3. The van der Waals surface area contributed by atoms with Gasteiger partial charge in [-0.2, -0.15) is 0 Å². The van der Waals surface area contributed by atoms with Crippen molar-refractivity contribution in [1.82, 2.24) is 9.97 Å². The van der Waals surface area contributed by atoms with Gasteiger partial charge in [-0.15, -0.1) is 0 Å². The van der Waals surface area contributed by atoms with E-state index in [1.807, 2.05) is 19.3 Å². The summed E-state index contributed by atoms with van der Waals surface area (Å²) in [6.45, 7) is 2.01. The maximum atomic E-state index is 4.30. The molecule has 3 heteroatoms. The van der Waals surface area contributed by atoms with Gasteiger partial charge in [0.05, 0.1) is 0 Å². The van der Waals surface area contributed by atoms with E-state index in [-0.39, 0.29) is 0 Å². The summed E-state index contributed by atoms with van der Waals surface area (Å²) in [6, 6.07) is 0.669. The molecule has 1 aliphatic carbocycles. The molecule has 0 bridgehead atoms. The Labute approximate surface area is 78.8 Å². The molecule has 0 atom stereocenters. The molecular weight excluding hydrogens is 162 g/mol. The second-order valence-corrected chi connectivity index (χ2v) is 3.76. The molecular formula is C10H15N3. The van der Waals surface area contributed by atoms with Gasteiger partial charge in [-0.05, 0) is 31.7 Å². The summed E-state index contributed by atoms with van der Waals surface area (Å²) in [4.78, 5) is 10.8. The van der Waals surface area contributed by atoms with Crippen LogP contribution in [0, 0.1) is 6.92 Å². The van der Waals surface area contributed by atoms with Crippen LogP contribution >= 0.6 is 0 Å². The summed E-state index contributed by atoms with van der Waals surface area (Å²) in [5, 5.41) is 0. The van der Waals surface area contributed by atoms with E-state index < -0.39 is 0 Å². The molecule has 1 heterocycles. The van der Waals surface area contributed by atoms with Crippen LogP contribution in [0.2, 0.25) is 0 Å². The van der Waals surface area contributed by atoms with Crippen LogP contribution in [0.15, 0.2) is 12.4 Å². The second kappa shape index (κ2) is 3.32. The molecule has 13 heavy (non-hydrogen) atoms. The molecule has 0 aromatic carbocycles. The first-order chi connectivity index (χ1) is 6.27. The molecule has 0 saturated heterocycles. The van der Waals surface area contributed by atoms with Crippen LogP contribution in [-0.2, 0) is 0 Å². The third kappa shape index (κ3) is 1.64. The van der Waals surface area contributed by atoms with Crippen molar-refractivity contribution in [2.75, 3.05) is 11.9 Å². The second-order valence-electron chi connectivity index (χ2n) is 3.76. The van der Waals surface area contributed by atoms with E-state index in [2.05, 4.69) is 21.9 Å². The largest absolute Gasteiger partial charge is 0.341 e. The predicted molar refractivity (Wildman–Crippen MR) is 52.8 cm³/mol. The standard InChI is InChI=1S/C10H15N3/c1-8-6-11-10(12-7-8)13(2)9-4-3-5-9/h6-7,9H,3-5H2,1-2H3. The fourth-order valence-electron chi connectivity index (χ4n) is 1.51. The van der Waals surface area contributed by atoms with Gasteiger partial charge in [-0.3, -0.25) is 0 Å². The van der Waals surface area contributed by atoms with Crippen molar-refractivity contribution in [3.8, 4) is 0 Å². The molecule has 0 unspecified atom stereocenters. The molecule has 1 aliphatic rings. The van der Waals surface area contributed by atoms with Crippen molar-refractivity contribution in [2.45, 2.75) is 32.2 Å². The molecule has 0 N–H and O–H groups in total. The summed E-state index contributed by atoms with van der Waals surface area (Å²) < 4.78 is 0. The monoisotopic (exact) mass is 177 g/mol. The average molecular weight is 177 g/mol. The lowest BCUT2D eigenvalue weighted by atomic mass is 9.92. The van der Waals surface area contributed by atoms with Gasteiger partial charge in [-0.1, -0.05) is 0 Å². The highest BCUT2D eigenvalue weighted by Crippen LogP contribution is 2.25. The summed E-state index contributed by atoms with van der Waals surface area (Å²) in [5.41, 5.74) is 1.12. The van der Waals surface area contributed by atoms with E-state index in [4.69, 9.17) is 0 Å². The van der Waals surface area contributed by atoms with Crippen molar-refractivity contribution < 1.29 is 0 Å². The SMILES string of the molecule is Cc1cnc(N(C)C2CCC2)nc1. The number of aryl methyl sites for hydroxylation is 1. The smallest absolute Gasteiger partial charge is 0.225 e. The summed E-state index contributed by atoms with van der Waals surface area (Å²) in [5.74, 6) is 0.857. The first kappa shape index (κ1) is 8.48. The van der Waals surface area contributed by atoms with Gasteiger partial charge < -0.3 is 4.90 Å². The van der Waals surface area contributed by atoms with E-state index >= 15 is 0 Å². The molecule has 0 amide bonds. The molecule has 1 aromatic rings. The molecule has 1 aromatic heterocycles. The quantitative estimate of drug-likeness (QED) is 0.689. The van der Waals surface area contributed by atoms with E-state index in [0.29, 0.717) is 6.04 Å². The molecule has 1 saturated carbocycles. The molecule has 0 radical (unpaired) electrons. The highest BCUT2D eigenvalue weighted by Gasteiger charge is 2.23. The Kier molecular flexibility index (Phi) is 2.17. The lowest BCUT2D eigenvalue weighted by Gasteiger charge is -2.34. The Morgan fingerprint density at radius 1 is 1.31 bits per heavy atom. The predicted octanol–water partition coefficient (Wildman–Crippen LogP) is 1.77. The number of aromatic nitrogens is 2. The molecule has 0 aliphatic heterocycles. The topological polar surface area (TPSA) is 29.0 Å². The van der Waals surface area contributed by atoms with Crippen LogP contribution in [0.4, 0.5) is 5.95 Å². The highest BCUT2D eigenvalue weighted by atomic mass is 15.3. The van der Waals surface area contributed by atoms with E-state index in [0.717, 1.165) is 11.5 Å². The lowest BCUT2D eigenvalue weighted by Crippen LogP contribution is -2.38. The summed E-state index contributed by atoms with van der Waals surface area (Å²) in [7, 11) is 2.08. The van der Waals surface area contributed by atoms with Crippen molar-refractivity contribution in [2.24, 2.45) is 0 Å². The van der Waals surface area contributed by atoms with Gasteiger partial charge in [0.25, 0.3) is 0 Å². The van der Waals surface area contributed by atoms with Crippen molar-refractivity contribution in [1.29, 1.82) is 0 Å². The van der Waals surface area contributed by atoms with Crippen LogP contribution in [0.25, 0.3) is 0 Å². The fraction of sp³-hybridized carbons (Fsp3) is 0.600. The Bertz CT molecular complexity index is 277. The van der Waals surface area contributed by atoms with E-state index in [9.17, 15) is 0 Å². The van der Waals surface area contributed by atoms with Gasteiger partial charge in [0, 0.05) is 25.5 Å². The average Bonchev–Trinajstić information content (AvgIpc) is 2.02. The van der Waals surface area contributed by atoms with E-state index in [1.165, 1.54) is 19.3 Å². The van der Waals surface area contributed by atoms with Gasteiger partial charge in [0.15, 0.2) is 0 Å². The number of hydrogen-bond donors (Lipinski definition) is 0. The number of anilines is 1. The summed E-state index contributed by atoms with van der Waals surface area (Å²) >= 11 is 0. The Balaban J connectivity index is 2.10. The minimum atomic E-state index is 0.669. The maximum absolute atomic E-state index is 4.30. The zero-order chi connectivity index (χ0) is 9.26. The number of nitrogens with zero attached hydrogens (tertiary/aromatic N) is 3. The Hall–Kier alpha value is -1.12. The third-order valence-corrected chi connectivity index (χ3v) is 2.71. The fourth-order valence-corrected chi connectivity index (χ4v) is 1.51.